The van der Waals surface area contributed by atoms with Crippen LogP contribution in [-0.4, -0.2) is 54.4 Å². The van der Waals surface area contributed by atoms with Crippen molar-refractivity contribution in [2.45, 2.75) is 79.1 Å². The van der Waals surface area contributed by atoms with E-state index in [1.165, 1.54) is 72.3 Å². The number of hydrogen-bond donors (Lipinski definition) is 2. The Labute approximate surface area is 241 Å². The maximum atomic E-state index is 14.0. The quantitative estimate of drug-likeness (QED) is 0.323. The van der Waals surface area contributed by atoms with E-state index in [2.05, 4.69) is 15.5 Å². The second-order valence-corrected chi connectivity index (χ2v) is 11.6. The molecular formula is C28H37FN6O5S. The summed E-state index contributed by atoms with van der Waals surface area (Å²) in [6.07, 6.45) is 3.12. The fourth-order valence-electron chi connectivity index (χ4n) is 4.25. The van der Waals surface area contributed by atoms with Crippen LogP contribution in [0.5, 0.6) is 5.75 Å². The van der Waals surface area contributed by atoms with Gasteiger partial charge in [0.2, 0.25) is 5.91 Å². The maximum Gasteiger partial charge on any atom is 0.333 e. The van der Waals surface area contributed by atoms with Gasteiger partial charge in [0.25, 0.3) is 5.56 Å². The summed E-state index contributed by atoms with van der Waals surface area (Å²) in [4.78, 5) is 42.6. The van der Waals surface area contributed by atoms with Crippen LogP contribution in [0.2, 0.25) is 0 Å². The second-order valence-electron chi connectivity index (χ2n) is 10.6. The van der Waals surface area contributed by atoms with Gasteiger partial charge in [0.15, 0.2) is 0 Å². The normalized spacial score (nSPS) is 11.6. The molecule has 0 radical (unpaired) electrons. The number of halogens is 1. The van der Waals surface area contributed by atoms with Gasteiger partial charge in [-0.25, -0.2) is 13.8 Å². The minimum absolute atomic E-state index is 0.114. The van der Waals surface area contributed by atoms with Gasteiger partial charge in [-0.3, -0.25) is 14.2 Å². The lowest BCUT2D eigenvalue weighted by Gasteiger charge is -2.27. The number of fused-ring (bicyclic) bond motifs is 1. The van der Waals surface area contributed by atoms with Crippen LogP contribution in [0.25, 0.3) is 15.2 Å². The smallest absolute Gasteiger partial charge is 0.333 e. The van der Waals surface area contributed by atoms with Crippen LogP contribution in [0.15, 0.2) is 40.2 Å². The number of aromatic nitrogens is 5. The molecule has 11 nitrogen and oxygen atoms in total. The molecule has 0 saturated heterocycles. The highest BCUT2D eigenvalue weighted by molar-refractivity contribution is 7.21. The first-order valence-corrected chi connectivity index (χ1v) is 14.0. The first-order chi connectivity index (χ1) is 19.2. The number of nitrogens with one attached hydrogen (secondary N) is 1. The van der Waals surface area contributed by atoms with Crippen molar-refractivity contribution < 1.29 is 19.0 Å². The second kappa shape index (κ2) is 12.8. The van der Waals surface area contributed by atoms with Crippen LogP contribution in [-0.2, 0) is 23.3 Å². The van der Waals surface area contributed by atoms with E-state index in [0.29, 0.717) is 32.1 Å². The Morgan fingerprint density at radius 3 is 2.34 bits per heavy atom. The van der Waals surface area contributed by atoms with Crippen LogP contribution in [0.1, 0.15) is 52.7 Å². The van der Waals surface area contributed by atoms with Gasteiger partial charge >= 0.3 is 5.69 Å². The number of aryl methyl sites for hydroxylation is 3. The number of nitrogens with zero attached hydrogens (tertiary/aromatic N) is 5. The minimum atomic E-state index is -1.48. The lowest BCUT2D eigenvalue weighted by molar-refractivity contribution is -0.129. The van der Waals surface area contributed by atoms with Crippen molar-refractivity contribution in [3.8, 4) is 10.8 Å². The molecule has 0 saturated carbocycles. The summed E-state index contributed by atoms with van der Waals surface area (Å²) < 4.78 is 21.8. The van der Waals surface area contributed by atoms with E-state index in [1.807, 2.05) is 0 Å². The third-order valence-electron chi connectivity index (χ3n) is 6.17. The zero-order valence-electron chi connectivity index (χ0n) is 24.6. The molecule has 0 bridgehead atoms. The summed E-state index contributed by atoms with van der Waals surface area (Å²) in [5, 5.41) is 20.1. The van der Waals surface area contributed by atoms with Crippen LogP contribution >= 0.6 is 11.3 Å². The van der Waals surface area contributed by atoms with Gasteiger partial charge in [-0.1, -0.05) is 11.3 Å². The molecule has 0 aliphatic carbocycles. The number of hydrogen-bond acceptors (Lipinski definition) is 8. The van der Waals surface area contributed by atoms with Crippen LogP contribution < -0.4 is 21.3 Å². The monoisotopic (exact) mass is 588 g/mol. The number of thiophene rings is 1. The summed E-state index contributed by atoms with van der Waals surface area (Å²) in [5.41, 5.74) is -1.54. The summed E-state index contributed by atoms with van der Waals surface area (Å²) in [7, 11) is 1.49. The molecule has 3 heterocycles. The molecule has 222 valence electrons. The van der Waals surface area contributed by atoms with Crippen molar-refractivity contribution in [3.63, 3.8) is 0 Å². The molecule has 0 aliphatic rings. The molecule has 13 heteroatoms. The Hall–Kier alpha value is -3.84. The number of carbonyl (C=O) groups excluding carboxylic acids is 1. The fourth-order valence-corrected chi connectivity index (χ4v) is 5.49. The number of methoxy groups -OCH3 is 1. The highest BCUT2D eigenvalue weighted by atomic mass is 32.1. The van der Waals surface area contributed by atoms with Gasteiger partial charge in [0.05, 0.1) is 24.9 Å². The molecule has 0 atom stereocenters. The van der Waals surface area contributed by atoms with E-state index in [0.717, 1.165) is 4.57 Å². The van der Waals surface area contributed by atoms with Crippen molar-refractivity contribution in [1.82, 2.24) is 29.4 Å². The fraction of sp³-hybridized carbons (Fsp3) is 0.464. The molecule has 1 amide bonds. The van der Waals surface area contributed by atoms with Crippen molar-refractivity contribution in [3.05, 3.63) is 68.4 Å². The summed E-state index contributed by atoms with van der Waals surface area (Å²) in [6.45, 7) is 12.0. The molecule has 41 heavy (non-hydrogen) atoms. The molecule has 0 unspecified atom stereocenters. The minimum Gasteiger partial charge on any atom is -0.496 e. The molecule has 4 aromatic rings. The van der Waals surface area contributed by atoms with Crippen molar-refractivity contribution >= 4 is 27.5 Å². The first-order valence-electron chi connectivity index (χ1n) is 13.2. The average Bonchev–Trinajstić information content (AvgIpc) is 3.51. The first kappa shape index (κ1) is 31.7. The number of rotatable bonds is 8. The molecule has 1 aromatic carbocycles. The van der Waals surface area contributed by atoms with Gasteiger partial charge in [-0.15, -0.1) is 4.80 Å². The van der Waals surface area contributed by atoms with Crippen molar-refractivity contribution in [2.75, 3.05) is 7.11 Å². The number of aliphatic hydroxyl groups excluding tert-OH is 1. The zero-order chi connectivity index (χ0) is 30.6. The van der Waals surface area contributed by atoms with Gasteiger partial charge in [-0.2, -0.15) is 10.2 Å². The standard InChI is InChI=1S/C25H29FN6O4S.C3H8O/c1-14(2)29-23(34)25(4,5)31-20(33)19-15(3)21(32-27-10-11-28-32)37-22(19)30(24(31)35)12-9-16-13-17(26)7-8-18(16)36-6;1-3(2)4/h7-8,10-11,13-14H,9,12H2,1-6H3,(H,29,34);3-4H,1-2H3. The average molecular weight is 589 g/mol. The predicted molar refractivity (Wildman–Crippen MR) is 157 cm³/mol. The Kier molecular flexibility index (Phi) is 9.87. The summed E-state index contributed by atoms with van der Waals surface area (Å²) >= 11 is 1.20. The molecule has 2 N–H and O–H groups in total. The molecular weight excluding hydrogens is 551 g/mol. The Morgan fingerprint density at radius 1 is 1.17 bits per heavy atom. The maximum absolute atomic E-state index is 14.0. The Morgan fingerprint density at radius 2 is 1.78 bits per heavy atom. The SMILES string of the molecule is CC(C)O.COc1ccc(F)cc1CCn1c(=O)n(C(C)(C)C(=O)NC(C)C)c(=O)c2c(C)c(-n3nccn3)sc21. The Balaban J connectivity index is 0.00000108. The van der Waals surface area contributed by atoms with E-state index in [4.69, 9.17) is 9.84 Å². The summed E-state index contributed by atoms with van der Waals surface area (Å²) in [6, 6.07) is 4.00. The molecule has 0 fully saturated rings. The molecule has 3 aromatic heterocycles. The predicted octanol–water partition coefficient (Wildman–Crippen LogP) is 3.15. The van der Waals surface area contributed by atoms with Crippen molar-refractivity contribution in [1.29, 1.82) is 0 Å². The van der Waals surface area contributed by atoms with Crippen LogP contribution in [0, 0.1) is 12.7 Å². The lowest BCUT2D eigenvalue weighted by atomic mass is 10.0. The Bertz CT molecular complexity index is 1630. The number of carbonyl (C=O) groups is 1. The van der Waals surface area contributed by atoms with E-state index in [9.17, 15) is 18.8 Å². The van der Waals surface area contributed by atoms with Gasteiger partial charge in [0, 0.05) is 24.3 Å². The van der Waals surface area contributed by atoms with E-state index < -0.39 is 28.5 Å². The van der Waals surface area contributed by atoms with Crippen LogP contribution in [0.3, 0.4) is 0 Å². The van der Waals surface area contributed by atoms with E-state index in [1.54, 1.807) is 34.6 Å². The van der Waals surface area contributed by atoms with Crippen molar-refractivity contribution in [2.24, 2.45) is 0 Å². The molecule has 0 aliphatic heterocycles. The third-order valence-corrected chi connectivity index (χ3v) is 7.45. The number of ether oxygens (including phenoxy) is 1. The number of amides is 1. The highest BCUT2D eigenvalue weighted by Crippen LogP contribution is 2.31. The topological polar surface area (TPSA) is 133 Å². The lowest BCUT2D eigenvalue weighted by Crippen LogP contribution is -2.56. The van der Waals surface area contributed by atoms with Crippen LogP contribution in [0.4, 0.5) is 4.39 Å². The van der Waals surface area contributed by atoms with E-state index in [-0.39, 0.29) is 25.1 Å². The highest BCUT2D eigenvalue weighted by Gasteiger charge is 2.35. The van der Waals surface area contributed by atoms with Gasteiger partial charge in [-0.05, 0) is 78.6 Å². The molecule has 4 rings (SSSR count). The number of benzene rings is 1. The largest absolute Gasteiger partial charge is 0.496 e. The molecule has 0 spiro atoms. The number of aliphatic hydroxyl groups is 1. The van der Waals surface area contributed by atoms with Gasteiger partial charge in [0.1, 0.15) is 26.9 Å². The van der Waals surface area contributed by atoms with Gasteiger partial charge < -0.3 is 15.2 Å². The van der Waals surface area contributed by atoms with E-state index >= 15 is 0 Å². The zero-order valence-corrected chi connectivity index (χ0v) is 25.4. The third kappa shape index (κ3) is 6.73. The summed E-state index contributed by atoms with van der Waals surface area (Å²) in [5.74, 6) is -0.399.